The molecule has 1 amide bonds. The fourth-order valence-corrected chi connectivity index (χ4v) is 3.64. The van der Waals surface area contributed by atoms with E-state index >= 15 is 0 Å². The number of hydrogen-bond acceptors (Lipinski definition) is 5. The number of amides is 1. The van der Waals surface area contributed by atoms with Gasteiger partial charge in [-0.25, -0.2) is 4.79 Å². The highest BCUT2D eigenvalue weighted by atomic mass is 16.5. The summed E-state index contributed by atoms with van der Waals surface area (Å²) in [5.74, 6) is -0.843. The first-order valence-corrected chi connectivity index (χ1v) is 11.2. The van der Waals surface area contributed by atoms with Gasteiger partial charge in [0.25, 0.3) is 0 Å². The number of benzene rings is 3. The van der Waals surface area contributed by atoms with Crippen LogP contribution in [0.3, 0.4) is 0 Å². The Morgan fingerprint density at radius 2 is 1.71 bits per heavy atom. The molecule has 34 heavy (non-hydrogen) atoms. The topological polar surface area (TPSA) is 78.9 Å². The summed E-state index contributed by atoms with van der Waals surface area (Å²) in [5, 5.41) is 14.6. The largest absolute Gasteiger partial charge is 0.507 e. The van der Waals surface area contributed by atoms with Crippen molar-refractivity contribution in [3.8, 4) is 5.75 Å². The van der Waals surface area contributed by atoms with Crippen molar-refractivity contribution in [2.24, 2.45) is 0 Å². The van der Waals surface area contributed by atoms with Gasteiger partial charge >= 0.3 is 5.97 Å². The van der Waals surface area contributed by atoms with Crippen molar-refractivity contribution in [1.82, 2.24) is 0 Å². The normalized spacial score (nSPS) is 12.2. The molecule has 3 rings (SSSR count). The molecule has 0 unspecified atom stereocenters. The number of esters is 1. The summed E-state index contributed by atoms with van der Waals surface area (Å²) < 4.78 is 4.87. The minimum atomic E-state index is -0.448. The van der Waals surface area contributed by atoms with Gasteiger partial charge in [-0.1, -0.05) is 54.6 Å². The highest BCUT2D eigenvalue weighted by molar-refractivity contribution is 6.05. The lowest BCUT2D eigenvalue weighted by molar-refractivity contribution is -0.137. The van der Waals surface area contributed by atoms with Gasteiger partial charge in [0, 0.05) is 42.3 Å². The molecule has 2 N–H and O–H groups in total. The summed E-state index contributed by atoms with van der Waals surface area (Å²) in [6.45, 7) is 2.08. The Morgan fingerprint density at radius 3 is 2.41 bits per heavy atom. The SMILES string of the molecule is CCOC(=O)C=CC=CC[C@H](C(=O)Nc1cccc2c(O)cccc12)c1ccc(N(C)C)cc1. The first-order chi connectivity index (χ1) is 16.4. The Bertz CT molecular complexity index is 1200. The molecule has 0 fully saturated rings. The van der Waals surface area contributed by atoms with E-state index < -0.39 is 11.9 Å². The number of nitrogens with zero attached hydrogens (tertiary/aromatic N) is 1. The average Bonchev–Trinajstić information content (AvgIpc) is 2.82. The van der Waals surface area contributed by atoms with Gasteiger partial charge in [-0.15, -0.1) is 0 Å². The zero-order valence-electron chi connectivity index (χ0n) is 19.7. The summed E-state index contributed by atoms with van der Waals surface area (Å²) in [5.41, 5.74) is 2.56. The number of hydrogen-bond donors (Lipinski definition) is 2. The van der Waals surface area contributed by atoms with Crippen molar-refractivity contribution >= 4 is 34.0 Å². The number of phenolic OH excluding ortho intramolecular Hbond substituents is 1. The molecule has 6 heteroatoms. The van der Waals surface area contributed by atoms with E-state index in [0.717, 1.165) is 16.6 Å². The highest BCUT2D eigenvalue weighted by Crippen LogP contribution is 2.31. The summed E-state index contributed by atoms with van der Waals surface area (Å²) in [4.78, 5) is 26.9. The number of phenols is 1. The van der Waals surface area contributed by atoms with Crippen LogP contribution in [0.4, 0.5) is 11.4 Å². The second-order valence-corrected chi connectivity index (χ2v) is 7.98. The van der Waals surface area contributed by atoms with Crippen LogP contribution in [-0.4, -0.2) is 37.7 Å². The monoisotopic (exact) mass is 458 g/mol. The molecule has 0 radical (unpaired) electrons. The molecule has 176 valence electrons. The summed E-state index contributed by atoms with van der Waals surface area (Å²) in [6, 6.07) is 18.6. The predicted molar refractivity (Wildman–Crippen MR) is 137 cm³/mol. The molecule has 0 aliphatic heterocycles. The van der Waals surface area contributed by atoms with Crippen molar-refractivity contribution < 1.29 is 19.4 Å². The Morgan fingerprint density at radius 1 is 1.00 bits per heavy atom. The lowest BCUT2D eigenvalue weighted by Crippen LogP contribution is -2.21. The molecule has 0 spiro atoms. The van der Waals surface area contributed by atoms with Gasteiger partial charge < -0.3 is 20.1 Å². The van der Waals surface area contributed by atoms with Gasteiger partial charge in [-0.2, -0.15) is 0 Å². The third-order valence-electron chi connectivity index (χ3n) is 5.42. The number of carbonyl (C=O) groups is 2. The van der Waals surface area contributed by atoms with Crippen LogP contribution in [0.15, 0.2) is 85.0 Å². The van der Waals surface area contributed by atoms with Crippen molar-refractivity contribution in [3.05, 3.63) is 90.5 Å². The van der Waals surface area contributed by atoms with E-state index in [1.807, 2.05) is 67.5 Å². The number of nitrogens with one attached hydrogen (secondary N) is 1. The van der Waals surface area contributed by atoms with Crippen molar-refractivity contribution in [2.45, 2.75) is 19.3 Å². The van der Waals surface area contributed by atoms with Crippen LogP contribution in [0, 0.1) is 0 Å². The highest BCUT2D eigenvalue weighted by Gasteiger charge is 2.20. The minimum Gasteiger partial charge on any atom is -0.507 e. The first kappa shape index (κ1) is 24.6. The van der Waals surface area contributed by atoms with E-state index in [1.165, 1.54) is 6.08 Å². The van der Waals surface area contributed by atoms with Crippen LogP contribution < -0.4 is 10.2 Å². The van der Waals surface area contributed by atoms with Crippen molar-refractivity contribution in [1.29, 1.82) is 0 Å². The number of anilines is 2. The van der Waals surface area contributed by atoms with Crippen molar-refractivity contribution in [3.63, 3.8) is 0 Å². The summed E-state index contributed by atoms with van der Waals surface area (Å²) >= 11 is 0. The number of rotatable bonds is 9. The molecule has 0 bridgehead atoms. The number of fused-ring (bicyclic) bond motifs is 1. The molecule has 0 aromatic heterocycles. The smallest absolute Gasteiger partial charge is 0.330 e. The van der Waals surface area contributed by atoms with E-state index in [0.29, 0.717) is 24.1 Å². The molecule has 6 nitrogen and oxygen atoms in total. The zero-order chi connectivity index (χ0) is 24.5. The van der Waals surface area contributed by atoms with Gasteiger partial charge in [-0.3, -0.25) is 4.79 Å². The van der Waals surface area contributed by atoms with E-state index in [4.69, 9.17) is 4.74 Å². The Kier molecular flexibility index (Phi) is 8.46. The van der Waals surface area contributed by atoms with Gasteiger partial charge in [0.2, 0.25) is 5.91 Å². The maximum absolute atomic E-state index is 13.4. The quantitative estimate of drug-likeness (QED) is 0.255. The molecule has 0 saturated heterocycles. The van der Waals surface area contributed by atoms with Crippen LogP contribution in [0.5, 0.6) is 5.75 Å². The lowest BCUT2D eigenvalue weighted by atomic mass is 9.93. The summed E-state index contributed by atoms with van der Waals surface area (Å²) in [6.07, 6.45) is 6.99. The molecular formula is C28H30N2O4. The van der Waals surface area contributed by atoms with Crippen molar-refractivity contribution in [2.75, 3.05) is 30.9 Å². The van der Waals surface area contributed by atoms with Crippen LogP contribution in [0.1, 0.15) is 24.8 Å². The molecule has 0 heterocycles. The van der Waals surface area contributed by atoms with E-state index in [9.17, 15) is 14.7 Å². The van der Waals surface area contributed by atoms with E-state index in [1.54, 1.807) is 37.3 Å². The third kappa shape index (κ3) is 6.25. The molecular weight excluding hydrogens is 428 g/mol. The Labute approximate surface area is 200 Å². The third-order valence-corrected chi connectivity index (χ3v) is 5.42. The van der Waals surface area contributed by atoms with Crippen LogP contribution in [0.25, 0.3) is 10.8 Å². The number of ether oxygens (including phenoxy) is 1. The zero-order valence-corrected chi connectivity index (χ0v) is 19.7. The fourth-order valence-electron chi connectivity index (χ4n) is 3.64. The minimum absolute atomic E-state index is 0.160. The van der Waals surface area contributed by atoms with Gasteiger partial charge in [-0.05, 0) is 43.2 Å². The molecule has 1 atom stereocenters. The number of allylic oxidation sites excluding steroid dienone is 3. The van der Waals surface area contributed by atoms with E-state index in [2.05, 4.69) is 5.32 Å². The fraction of sp³-hybridized carbons (Fsp3) is 0.214. The molecule has 3 aromatic rings. The summed E-state index contributed by atoms with van der Waals surface area (Å²) in [7, 11) is 3.93. The van der Waals surface area contributed by atoms with Gasteiger partial charge in [0.15, 0.2) is 0 Å². The second-order valence-electron chi connectivity index (χ2n) is 7.98. The average molecular weight is 459 g/mol. The van der Waals surface area contributed by atoms with E-state index in [-0.39, 0.29) is 11.7 Å². The van der Waals surface area contributed by atoms with Gasteiger partial charge in [0.05, 0.1) is 12.5 Å². The van der Waals surface area contributed by atoms with Crippen LogP contribution in [0.2, 0.25) is 0 Å². The number of aromatic hydroxyl groups is 1. The van der Waals surface area contributed by atoms with Crippen LogP contribution >= 0.6 is 0 Å². The Hall–Kier alpha value is -4.06. The van der Waals surface area contributed by atoms with Crippen LogP contribution in [-0.2, 0) is 14.3 Å². The first-order valence-electron chi connectivity index (χ1n) is 11.2. The lowest BCUT2D eigenvalue weighted by Gasteiger charge is -2.19. The maximum atomic E-state index is 13.4. The second kappa shape index (κ2) is 11.7. The molecule has 3 aromatic carbocycles. The standard InChI is InChI=1S/C28H30N2O4/c1-4-34-27(32)15-7-5-6-10-22(20-16-18-21(19-17-20)30(2)3)28(33)29-25-13-8-12-24-23(25)11-9-14-26(24)31/h5-9,11-19,22,31H,4,10H2,1-3H3,(H,29,33)/t22-/m0/s1. The Balaban J connectivity index is 1.85. The molecule has 0 aliphatic rings. The van der Waals surface area contributed by atoms with Gasteiger partial charge in [0.1, 0.15) is 5.75 Å². The number of carbonyl (C=O) groups excluding carboxylic acids is 2. The predicted octanol–water partition coefficient (Wildman–Crippen LogP) is 5.40. The maximum Gasteiger partial charge on any atom is 0.330 e. The molecule has 0 saturated carbocycles. The molecule has 0 aliphatic carbocycles.